The van der Waals surface area contributed by atoms with Gasteiger partial charge in [-0.1, -0.05) is 13.3 Å². The molecule has 0 bridgehead atoms. The number of aliphatic hydroxyl groups excluding tert-OH is 1. The Balaban J connectivity index is 1.25. The van der Waals surface area contributed by atoms with E-state index in [1.165, 1.54) is 6.42 Å². The minimum absolute atomic E-state index is 0.0403. The zero-order valence-corrected chi connectivity index (χ0v) is 20.9. The summed E-state index contributed by atoms with van der Waals surface area (Å²) in [5.41, 5.74) is 6.79. The molecule has 3 heterocycles. The summed E-state index contributed by atoms with van der Waals surface area (Å²) in [6.07, 6.45) is 6.92. The predicted octanol–water partition coefficient (Wildman–Crippen LogP) is 0.415. The molecule has 5 N–H and O–H groups in total. The van der Waals surface area contributed by atoms with Crippen molar-refractivity contribution in [3.63, 3.8) is 0 Å². The van der Waals surface area contributed by atoms with Crippen LogP contribution < -0.4 is 21.5 Å². The van der Waals surface area contributed by atoms with Crippen LogP contribution in [0.2, 0.25) is 0 Å². The molecular formula is C23H42N6O3S. The van der Waals surface area contributed by atoms with Gasteiger partial charge in [-0.3, -0.25) is 14.5 Å². The van der Waals surface area contributed by atoms with Crippen LogP contribution in [-0.2, 0) is 9.59 Å². The van der Waals surface area contributed by atoms with E-state index in [1.807, 2.05) is 11.8 Å². The molecule has 10 heteroatoms. The summed E-state index contributed by atoms with van der Waals surface area (Å²) in [6, 6.07) is -0.0983. The Kier molecular flexibility index (Phi) is 8.92. The zero-order valence-electron chi connectivity index (χ0n) is 20.1. The van der Waals surface area contributed by atoms with Crippen LogP contribution in [0.3, 0.4) is 0 Å². The number of likely N-dealkylation sites (tertiary alicyclic amines) is 1. The Hall–Kier alpha value is -0.910. The molecule has 0 aromatic carbocycles. The van der Waals surface area contributed by atoms with Gasteiger partial charge >= 0.3 is 0 Å². The lowest BCUT2D eigenvalue weighted by Gasteiger charge is -2.37. The number of thioether (sulfide) groups is 1. The van der Waals surface area contributed by atoms with Crippen LogP contribution in [0.1, 0.15) is 58.3 Å². The molecule has 0 aromatic rings. The van der Waals surface area contributed by atoms with Crippen LogP contribution in [-0.4, -0.2) is 89.0 Å². The van der Waals surface area contributed by atoms with Gasteiger partial charge in [0.1, 0.15) is 5.50 Å². The van der Waals surface area contributed by atoms with Gasteiger partial charge in [-0.2, -0.15) is 0 Å². The predicted molar refractivity (Wildman–Crippen MR) is 130 cm³/mol. The topological polar surface area (TPSA) is 109 Å². The van der Waals surface area contributed by atoms with Crippen LogP contribution in [0.4, 0.5) is 0 Å². The van der Waals surface area contributed by atoms with Gasteiger partial charge in [-0.05, 0) is 64.5 Å². The maximum absolute atomic E-state index is 13.1. The van der Waals surface area contributed by atoms with Crippen molar-refractivity contribution in [2.24, 2.45) is 11.8 Å². The number of nitrogens with one attached hydrogen (secondary N) is 4. The standard InChI is InChI=1S/C23H42N6O3S/c1-15(33-23-27-25-14-28(23)2)16-5-3-6-18(11-16)26-21(31)20-12-17(8-9-24-20)22(32)29-10-4-7-19(30)13-29/h15-20,23-25,27,30H,3-14H2,1-2H3,(H,26,31)/t15-,16?,17?,18?,19+,20?,23?/m0/s1. The van der Waals surface area contributed by atoms with E-state index in [0.29, 0.717) is 30.7 Å². The molecule has 1 aliphatic carbocycles. The van der Waals surface area contributed by atoms with Gasteiger partial charge in [0.25, 0.3) is 0 Å². The number of hydrazine groups is 1. The van der Waals surface area contributed by atoms with Gasteiger partial charge in [-0.15, -0.1) is 11.8 Å². The first-order chi connectivity index (χ1) is 15.9. The number of piperidine rings is 2. The Morgan fingerprint density at radius 1 is 1.15 bits per heavy atom. The Labute approximate surface area is 202 Å². The molecule has 3 aliphatic heterocycles. The fourth-order valence-corrected chi connectivity index (χ4v) is 7.05. The highest BCUT2D eigenvalue weighted by Crippen LogP contribution is 2.35. The molecular weight excluding hydrogens is 440 g/mol. The van der Waals surface area contributed by atoms with Crippen molar-refractivity contribution in [1.29, 1.82) is 0 Å². The van der Waals surface area contributed by atoms with E-state index in [9.17, 15) is 14.7 Å². The van der Waals surface area contributed by atoms with Crippen LogP contribution in [0, 0.1) is 11.8 Å². The van der Waals surface area contributed by atoms with Crippen molar-refractivity contribution in [1.82, 2.24) is 31.3 Å². The molecule has 33 heavy (non-hydrogen) atoms. The number of aliphatic hydroxyl groups is 1. The first-order valence-corrected chi connectivity index (χ1v) is 13.7. The fraction of sp³-hybridized carbons (Fsp3) is 0.913. The van der Waals surface area contributed by atoms with E-state index in [0.717, 1.165) is 51.7 Å². The molecule has 188 valence electrons. The number of nitrogens with zero attached hydrogens (tertiary/aromatic N) is 2. The van der Waals surface area contributed by atoms with Crippen molar-refractivity contribution < 1.29 is 14.7 Å². The van der Waals surface area contributed by atoms with E-state index in [-0.39, 0.29) is 35.3 Å². The molecule has 9 nitrogen and oxygen atoms in total. The maximum Gasteiger partial charge on any atom is 0.237 e. The monoisotopic (exact) mass is 482 g/mol. The molecule has 5 unspecified atom stereocenters. The third kappa shape index (κ3) is 6.61. The zero-order chi connectivity index (χ0) is 23.4. The molecule has 0 spiro atoms. The van der Waals surface area contributed by atoms with Crippen LogP contribution in [0.5, 0.6) is 0 Å². The number of hydrogen-bond acceptors (Lipinski definition) is 8. The number of carbonyl (C=O) groups is 2. The summed E-state index contributed by atoms with van der Waals surface area (Å²) in [5, 5.41) is 17.1. The van der Waals surface area contributed by atoms with E-state index in [4.69, 9.17) is 0 Å². The lowest BCUT2D eigenvalue weighted by Crippen LogP contribution is -2.54. The number of hydrogen-bond donors (Lipinski definition) is 5. The molecule has 0 aromatic heterocycles. The van der Waals surface area contributed by atoms with Gasteiger partial charge in [0.2, 0.25) is 11.8 Å². The second-order valence-electron chi connectivity index (χ2n) is 10.4. The molecule has 4 rings (SSSR count). The molecule has 7 atom stereocenters. The molecule has 2 amide bonds. The fourth-order valence-electron chi connectivity index (χ4n) is 5.74. The average molecular weight is 483 g/mol. The number of carbonyl (C=O) groups excluding carboxylic acids is 2. The van der Waals surface area contributed by atoms with E-state index < -0.39 is 6.10 Å². The van der Waals surface area contributed by atoms with Crippen molar-refractivity contribution in [3.05, 3.63) is 0 Å². The lowest BCUT2D eigenvalue weighted by molar-refractivity contribution is -0.140. The van der Waals surface area contributed by atoms with Gasteiger partial charge in [-0.25, -0.2) is 10.9 Å². The first-order valence-electron chi connectivity index (χ1n) is 12.8. The molecule has 4 aliphatic rings. The van der Waals surface area contributed by atoms with Gasteiger partial charge in [0.05, 0.1) is 18.8 Å². The summed E-state index contributed by atoms with van der Waals surface area (Å²) in [5.74, 6) is 0.603. The Morgan fingerprint density at radius 2 is 2.00 bits per heavy atom. The highest BCUT2D eigenvalue weighted by molar-refractivity contribution is 8.00. The van der Waals surface area contributed by atoms with E-state index in [1.54, 1.807) is 4.90 Å². The Bertz CT molecular complexity index is 685. The third-order valence-corrected chi connectivity index (χ3v) is 9.35. The van der Waals surface area contributed by atoms with Crippen LogP contribution in [0.25, 0.3) is 0 Å². The Morgan fingerprint density at radius 3 is 2.76 bits per heavy atom. The average Bonchev–Trinajstić information content (AvgIpc) is 3.23. The van der Waals surface area contributed by atoms with Crippen LogP contribution in [0.15, 0.2) is 0 Å². The van der Waals surface area contributed by atoms with E-state index in [2.05, 4.69) is 40.4 Å². The van der Waals surface area contributed by atoms with Gasteiger partial charge in [0, 0.05) is 30.3 Å². The summed E-state index contributed by atoms with van der Waals surface area (Å²) >= 11 is 1.96. The second-order valence-corrected chi connectivity index (χ2v) is 11.8. The van der Waals surface area contributed by atoms with Gasteiger partial charge < -0.3 is 20.6 Å². The smallest absolute Gasteiger partial charge is 0.237 e. The summed E-state index contributed by atoms with van der Waals surface area (Å²) in [7, 11) is 2.11. The van der Waals surface area contributed by atoms with Gasteiger partial charge in [0.15, 0.2) is 0 Å². The third-order valence-electron chi connectivity index (χ3n) is 7.80. The highest BCUT2D eigenvalue weighted by atomic mass is 32.2. The lowest BCUT2D eigenvalue weighted by atomic mass is 9.83. The van der Waals surface area contributed by atoms with Crippen molar-refractivity contribution >= 4 is 23.6 Å². The minimum Gasteiger partial charge on any atom is -0.391 e. The number of β-amino-alcohol motifs (C(OH)–C–C–N with tert-alkyl or cyclic N) is 1. The first kappa shape index (κ1) is 25.2. The van der Waals surface area contributed by atoms with Crippen LogP contribution >= 0.6 is 11.8 Å². The summed E-state index contributed by atoms with van der Waals surface area (Å²) in [4.78, 5) is 30.1. The van der Waals surface area contributed by atoms with Crippen molar-refractivity contribution in [3.8, 4) is 0 Å². The normalized spacial score (nSPS) is 37.0. The molecule has 3 saturated heterocycles. The maximum atomic E-state index is 13.1. The molecule has 0 radical (unpaired) electrons. The van der Waals surface area contributed by atoms with Crippen molar-refractivity contribution in [2.45, 2.75) is 87.2 Å². The summed E-state index contributed by atoms with van der Waals surface area (Å²) in [6.45, 7) is 5.00. The van der Waals surface area contributed by atoms with E-state index >= 15 is 0 Å². The second kappa shape index (κ2) is 11.7. The highest BCUT2D eigenvalue weighted by Gasteiger charge is 2.36. The quantitative estimate of drug-likeness (QED) is 0.371. The summed E-state index contributed by atoms with van der Waals surface area (Å²) < 4.78 is 0. The number of amides is 2. The molecule has 4 fully saturated rings. The molecule has 1 saturated carbocycles. The number of rotatable bonds is 6. The largest absolute Gasteiger partial charge is 0.391 e. The van der Waals surface area contributed by atoms with Crippen molar-refractivity contribution in [2.75, 3.05) is 33.4 Å². The SMILES string of the molecule is C[C@H](SC1NNCN1C)C1CCCC(NC(=O)C2CC(C(=O)N3CCC[C@@H](O)C3)CCN2)C1. The minimum atomic E-state index is -0.413.